The number of unbranched alkanes of at least 4 members (excludes halogenated alkanes) is 3. The van der Waals surface area contributed by atoms with Gasteiger partial charge < -0.3 is 18.8 Å². The Bertz CT molecular complexity index is 565. The molecule has 7 nitrogen and oxygen atoms in total. The summed E-state index contributed by atoms with van der Waals surface area (Å²) in [6, 6.07) is 4.20. The van der Waals surface area contributed by atoms with Gasteiger partial charge in [0.15, 0.2) is 0 Å². The largest absolute Gasteiger partial charge is 0.469 e. The van der Waals surface area contributed by atoms with Crippen molar-refractivity contribution in [1.82, 2.24) is 9.99 Å². The van der Waals surface area contributed by atoms with Crippen LogP contribution in [0.1, 0.15) is 65.6 Å². The molecule has 1 heterocycles. The average Bonchev–Trinajstić information content (AvgIpc) is 3.15. The van der Waals surface area contributed by atoms with Crippen molar-refractivity contribution in [1.29, 1.82) is 5.26 Å². The third-order valence-corrected chi connectivity index (χ3v) is 6.08. The Morgan fingerprint density at radius 1 is 1.25 bits per heavy atom. The predicted molar refractivity (Wildman–Crippen MR) is 110 cm³/mol. The van der Waals surface area contributed by atoms with Gasteiger partial charge in [0, 0.05) is 31.5 Å². The van der Waals surface area contributed by atoms with E-state index in [-0.39, 0.29) is 18.0 Å². The number of furan rings is 1. The normalized spacial score (nSPS) is 12.4. The summed E-state index contributed by atoms with van der Waals surface area (Å²) < 4.78 is 18.3. The van der Waals surface area contributed by atoms with Crippen LogP contribution in [0.25, 0.3) is 0 Å². The smallest absolute Gasteiger partial charge is 0.332 e. The van der Waals surface area contributed by atoms with Gasteiger partial charge in [-0.15, -0.1) is 5.26 Å². The van der Waals surface area contributed by atoms with E-state index >= 15 is 0 Å². The number of amides is 1. The molecule has 1 aromatic rings. The summed E-state index contributed by atoms with van der Waals surface area (Å²) in [6.45, 7) is 9.55. The number of nitriles is 1. The number of hydrogen-bond donors (Lipinski definition) is 1. The molecule has 1 N–H and O–H groups in total. The second-order valence-corrected chi connectivity index (χ2v) is 8.54. The fraction of sp³-hybridized carbons (Fsp3) is 0.700. The highest BCUT2D eigenvalue weighted by atomic mass is 31.2. The van der Waals surface area contributed by atoms with Gasteiger partial charge >= 0.3 is 8.53 Å². The van der Waals surface area contributed by atoms with Gasteiger partial charge in [0.1, 0.15) is 5.76 Å². The molecule has 8 heteroatoms. The average molecular weight is 411 g/mol. The van der Waals surface area contributed by atoms with Gasteiger partial charge in [0.25, 0.3) is 6.26 Å². The van der Waals surface area contributed by atoms with E-state index < -0.39 is 8.53 Å². The topological polar surface area (TPSA) is 87.7 Å². The van der Waals surface area contributed by atoms with Gasteiger partial charge in [-0.2, -0.15) is 0 Å². The van der Waals surface area contributed by atoms with Gasteiger partial charge in [0.05, 0.1) is 12.9 Å². The van der Waals surface area contributed by atoms with E-state index in [2.05, 4.69) is 37.7 Å². The van der Waals surface area contributed by atoms with Crippen molar-refractivity contribution in [2.24, 2.45) is 0 Å². The Balaban J connectivity index is 2.09. The molecule has 1 unspecified atom stereocenters. The molecule has 0 bridgehead atoms. The molecule has 0 aliphatic heterocycles. The summed E-state index contributed by atoms with van der Waals surface area (Å²) in [5, 5.41) is 11.8. The molecule has 1 atom stereocenters. The quantitative estimate of drug-likeness (QED) is 0.255. The fourth-order valence-electron chi connectivity index (χ4n) is 2.88. The van der Waals surface area contributed by atoms with Crippen LogP contribution in [-0.2, 0) is 20.3 Å². The summed E-state index contributed by atoms with van der Waals surface area (Å²) in [4.78, 5) is 11.8. The van der Waals surface area contributed by atoms with Crippen molar-refractivity contribution in [2.45, 2.75) is 78.3 Å². The Morgan fingerprint density at radius 3 is 2.57 bits per heavy atom. The number of hydrogen-bond acceptors (Lipinski definition) is 6. The minimum absolute atomic E-state index is 0.0569. The van der Waals surface area contributed by atoms with Crippen LogP contribution in [0.3, 0.4) is 0 Å². The van der Waals surface area contributed by atoms with Gasteiger partial charge in [-0.3, -0.25) is 4.79 Å². The third kappa shape index (κ3) is 10.1. The highest BCUT2D eigenvalue weighted by Crippen LogP contribution is 2.45. The first-order valence-corrected chi connectivity index (χ1v) is 11.1. The van der Waals surface area contributed by atoms with E-state index in [9.17, 15) is 4.79 Å². The number of carbonyl (C=O) groups excluding carboxylic acids is 1. The number of carbonyl (C=O) groups is 1. The van der Waals surface area contributed by atoms with Gasteiger partial charge in [-0.1, -0.05) is 12.8 Å². The minimum atomic E-state index is -1.35. The van der Waals surface area contributed by atoms with Crippen LogP contribution in [0.4, 0.5) is 0 Å². The van der Waals surface area contributed by atoms with E-state index in [0.717, 1.165) is 31.4 Å². The van der Waals surface area contributed by atoms with E-state index in [1.54, 1.807) is 12.5 Å². The van der Waals surface area contributed by atoms with Crippen LogP contribution in [0.5, 0.6) is 0 Å². The van der Waals surface area contributed by atoms with Gasteiger partial charge in [-0.25, -0.2) is 4.67 Å². The molecule has 158 valence electrons. The van der Waals surface area contributed by atoms with E-state index in [1.807, 2.05) is 12.1 Å². The highest BCUT2D eigenvalue weighted by molar-refractivity contribution is 7.44. The lowest BCUT2D eigenvalue weighted by Crippen LogP contribution is -2.33. The number of rotatable bonds is 15. The molecule has 0 aliphatic rings. The van der Waals surface area contributed by atoms with E-state index in [4.69, 9.17) is 18.7 Å². The lowest BCUT2D eigenvalue weighted by molar-refractivity contribution is -0.121. The second kappa shape index (κ2) is 14.4. The summed E-state index contributed by atoms with van der Waals surface area (Å²) >= 11 is 0. The third-order valence-electron chi connectivity index (χ3n) is 4.14. The first-order chi connectivity index (χ1) is 13.5. The molecule has 0 radical (unpaired) electrons. The Labute approximate surface area is 170 Å². The summed E-state index contributed by atoms with van der Waals surface area (Å²) in [6.07, 6.45) is 8.37. The van der Waals surface area contributed by atoms with Crippen LogP contribution < -0.4 is 5.32 Å². The van der Waals surface area contributed by atoms with E-state index in [1.165, 1.54) is 0 Å². The van der Waals surface area contributed by atoms with Crippen molar-refractivity contribution in [2.75, 3.05) is 13.2 Å². The number of aryl methyl sites for hydroxylation is 1. The Hall–Kier alpha value is -1.61. The van der Waals surface area contributed by atoms with Crippen LogP contribution in [0, 0.1) is 11.5 Å². The molecule has 1 rings (SSSR count). The SMILES string of the molecule is CC(C)N(C(C)C)P(OC#N)OCCCCCCNC(=O)CCc1ccco1. The summed E-state index contributed by atoms with van der Waals surface area (Å²) in [7, 11) is -1.35. The molecule has 0 saturated heterocycles. The summed E-state index contributed by atoms with van der Waals surface area (Å²) in [5.74, 6) is 0.894. The van der Waals surface area contributed by atoms with Crippen molar-refractivity contribution in [3.63, 3.8) is 0 Å². The molecule has 0 fully saturated rings. The zero-order valence-electron chi connectivity index (χ0n) is 17.5. The van der Waals surface area contributed by atoms with Crippen molar-refractivity contribution in [3.8, 4) is 6.26 Å². The maximum atomic E-state index is 11.8. The lowest BCUT2D eigenvalue weighted by Gasteiger charge is -2.33. The Kier molecular flexibility index (Phi) is 12.6. The minimum Gasteiger partial charge on any atom is -0.469 e. The fourth-order valence-corrected chi connectivity index (χ4v) is 4.27. The molecule has 0 aromatic carbocycles. The summed E-state index contributed by atoms with van der Waals surface area (Å²) in [5.41, 5.74) is 0. The number of nitrogens with zero attached hydrogens (tertiary/aromatic N) is 2. The highest BCUT2D eigenvalue weighted by Gasteiger charge is 2.28. The van der Waals surface area contributed by atoms with Crippen LogP contribution in [-0.4, -0.2) is 35.8 Å². The van der Waals surface area contributed by atoms with Gasteiger partial charge in [-0.05, 0) is 52.7 Å². The molecule has 0 saturated carbocycles. The first-order valence-electron chi connectivity index (χ1n) is 10.0. The molecule has 28 heavy (non-hydrogen) atoms. The standard InChI is InChI=1S/C20H34N3O4P/c1-17(2)23(18(3)4)28(27-16-21)26-15-8-6-5-7-13-22-20(24)12-11-19-10-9-14-25-19/h9-10,14,17-18H,5-8,11-13,15H2,1-4H3,(H,22,24). The van der Waals surface area contributed by atoms with Crippen LogP contribution >= 0.6 is 8.53 Å². The van der Waals surface area contributed by atoms with Crippen LogP contribution in [0.2, 0.25) is 0 Å². The maximum absolute atomic E-state index is 11.8. The molecule has 0 spiro atoms. The molecule has 1 amide bonds. The zero-order chi connectivity index (χ0) is 20.8. The van der Waals surface area contributed by atoms with Crippen LogP contribution in [0.15, 0.2) is 22.8 Å². The maximum Gasteiger partial charge on any atom is 0.332 e. The monoisotopic (exact) mass is 411 g/mol. The van der Waals surface area contributed by atoms with Crippen molar-refractivity contribution >= 4 is 14.4 Å². The number of nitrogens with one attached hydrogen (secondary N) is 1. The molecular weight excluding hydrogens is 377 g/mol. The zero-order valence-corrected chi connectivity index (χ0v) is 18.4. The molecular formula is C20H34N3O4P. The first kappa shape index (κ1) is 24.4. The lowest BCUT2D eigenvalue weighted by atomic mass is 10.2. The predicted octanol–water partition coefficient (Wildman–Crippen LogP) is 4.75. The second-order valence-electron chi connectivity index (χ2n) is 7.16. The molecule has 1 aromatic heterocycles. The van der Waals surface area contributed by atoms with Crippen molar-refractivity contribution in [3.05, 3.63) is 24.2 Å². The Morgan fingerprint density at radius 2 is 1.96 bits per heavy atom. The molecule has 0 aliphatic carbocycles. The van der Waals surface area contributed by atoms with Crippen molar-refractivity contribution < 1.29 is 18.3 Å². The van der Waals surface area contributed by atoms with Gasteiger partial charge in [0.2, 0.25) is 5.91 Å². The van der Waals surface area contributed by atoms with E-state index in [0.29, 0.717) is 26.0 Å².